The van der Waals surface area contributed by atoms with Crippen LogP contribution in [0.4, 0.5) is 11.4 Å². The highest BCUT2D eigenvalue weighted by Crippen LogP contribution is 2.34. The number of aryl methyl sites for hydroxylation is 1. The van der Waals surface area contributed by atoms with E-state index in [-0.39, 0.29) is 43.5 Å². The zero-order valence-electron chi connectivity index (χ0n) is 21.5. The second kappa shape index (κ2) is 12.8. The second-order valence-electron chi connectivity index (χ2n) is 8.50. The topological polar surface area (TPSA) is 140 Å². The number of anilines is 1. The minimum absolute atomic E-state index is 0.138. The fourth-order valence-electron chi connectivity index (χ4n) is 3.61. The van der Waals surface area contributed by atoms with Gasteiger partial charge in [-0.05, 0) is 66.7 Å². The zero-order valence-corrected chi connectivity index (χ0v) is 23.9. The third-order valence-electron chi connectivity index (χ3n) is 5.56. The lowest BCUT2D eigenvalue weighted by atomic mass is 10.1. The summed E-state index contributed by atoms with van der Waals surface area (Å²) in [6.07, 6.45) is 1.58. The number of hydrogen-bond donors (Lipinski definition) is 2. The number of ether oxygens (including phenoxy) is 2. The van der Waals surface area contributed by atoms with Gasteiger partial charge in [-0.25, -0.2) is 0 Å². The predicted octanol–water partition coefficient (Wildman–Crippen LogP) is 5.13. The molecule has 1 saturated heterocycles. The number of thioether (sulfide) groups is 1. The number of carbonyl (C=O) groups is 3. The Morgan fingerprint density at radius 2 is 1.93 bits per heavy atom. The molecule has 0 aliphatic carbocycles. The number of halogens is 1. The van der Waals surface area contributed by atoms with E-state index in [0.717, 1.165) is 22.3 Å². The van der Waals surface area contributed by atoms with Crippen LogP contribution in [0.3, 0.4) is 0 Å². The number of hydrazine groups is 1. The number of rotatable bonds is 9. The lowest BCUT2D eigenvalue weighted by Crippen LogP contribution is -2.44. The predicted molar refractivity (Wildman–Crippen MR) is 159 cm³/mol. The van der Waals surface area contributed by atoms with Gasteiger partial charge in [-0.1, -0.05) is 41.6 Å². The summed E-state index contributed by atoms with van der Waals surface area (Å²) in [5.74, 6) is -1.08. The summed E-state index contributed by atoms with van der Waals surface area (Å²) in [5.41, 5.74) is 4.26. The first-order valence-corrected chi connectivity index (χ1v) is 13.4. The quantitative estimate of drug-likeness (QED) is 0.146. The van der Waals surface area contributed by atoms with Gasteiger partial charge in [-0.3, -0.25) is 29.9 Å². The third kappa shape index (κ3) is 7.20. The smallest absolute Gasteiger partial charge is 0.285 e. The molecule has 0 aromatic heterocycles. The van der Waals surface area contributed by atoms with E-state index in [2.05, 4.69) is 10.7 Å². The molecule has 14 heteroatoms. The minimum Gasteiger partial charge on any atom is -0.493 e. The third-order valence-corrected chi connectivity index (χ3v) is 7.18. The van der Waals surface area contributed by atoms with Crippen molar-refractivity contribution in [3.05, 3.63) is 97.4 Å². The first-order valence-electron chi connectivity index (χ1n) is 11.8. The number of amides is 3. The number of nitrogens with zero attached hydrogens (tertiary/aromatic N) is 2. The summed E-state index contributed by atoms with van der Waals surface area (Å²) < 4.78 is 11.1. The first kappa shape index (κ1) is 29.5. The van der Waals surface area contributed by atoms with E-state index in [0.29, 0.717) is 11.3 Å². The van der Waals surface area contributed by atoms with Crippen LogP contribution < -0.4 is 20.2 Å². The summed E-state index contributed by atoms with van der Waals surface area (Å²) in [6.45, 7) is 1.45. The number of hydrogen-bond acceptors (Lipinski definition) is 9. The van der Waals surface area contributed by atoms with Crippen molar-refractivity contribution in [2.45, 2.75) is 6.92 Å². The summed E-state index contributed by atoms with van der Waals surface area (Å²) in [6, 6.07) is 15.3. The normalized spacial score (nSPS) is 13.7. The van der Waals surface area contributed by atoms with Crippen molar-refractivity contribution in [2.24, 2.45) is 0 Å². The van der Waals surface area contributed by atoms with Crippen LogP contribution in [0.25, 0.3) is 6.08 Å². The first-order chi connectivity index (χ1) is 19.5. The number of benzene rings is 3. The van der Waals surface area contributed by atoms with Gasteiger partial charge in [0.1, 0.15) is 0 Å². The van der Waals surface area contributed by atoms with E-state index in [1.807, 2.05) is 6.92 Å². The molecule has 11 nitrogen and oxygen atoms in total. The molecule has 0 spiro atoms. The monoisotopic (exact) mass is 612 g/mol. The van der Waals surface area contributed by atoms with Crippen LogP contribution >= 0.6 is 35.6 Å². The molecule has 0 unspecified atom stereocenters. The molecule has 0 atom stereocenters. The fraction of sp³-hybridized carbons (Fsp3) is 0.111. The summed E-state index contributed by atoms with van der Waals surface area (Å²) >= 11 is 12.5. The Bertz CT molecular complexity index is 1610. The van der Waals surface area contributed by atoms with Gasteiger partial charge in [0.2, 0.25) is 0 Å². The molecule has 0 bridgehead atoms. The molecule has 210 valence electrons. The molecule has 2 N–H and O–H groups in total. The van der Waals surface area contributed by atoms with Crippen LogP contribution in [0.15, 0.2) is 65.6 Å². The molecule has 4 rings (SSSR count). The summed E-state index contributed by atoms with van der Waals surface area (Å²) in [5, 5.41) is 14.7. The number of nitro groups is 1. The van der Waals surface area contributed by atoms with E-state index in [1.54, 1.807) is 42.5 Å². The lowest BCUT2D eigenvalue weighted by Gasteiger charge is -2.16. The van der Waals surface area contributed by atoms with Crippen LogP contribution in [0, 0.1) is 17.0 Å². The maximum atomic E-state index is 13.0. The van der Waals surface area contributed by atoms with E-state index >= 15 is 0 Å². The van der Waals surface area contributed by atoms with E-state index in [4.69, 9.17) is 33.3 Å². The van der Waals surface area contributed by atoms with Crippen LogP contribution in [0.2, 0.25) is 5.02 Å². The Morgan fingerprint density at radius 1 is 1.15 bits per heavy atom. The maximum absolute atomic E-state index is 13.0. The van der Waals surface area contributed by atoms with Crippen LogP contribution in [0.5, 0.6) is 11.5 Å². The Labute approximate surface area is 248 Å². The maximum Gasteiger partial charge on any atom is 0.285 e. The summed E-state index contributed by atoms with van der Waals surface area (Å²) in [4.78, 5) is 48.6. The van der Waals surface area contributed by atoms with Gasteiger partial charge in [-0.2, -0.15) is 5.01 Å². The molecule has 1 aliphatic rings. The molecule has 3 aromatic rings. The largest absolute Gasteiger partial charge is 0.493 e. The highest BCUT2D eigenvalue weighted by atomic mass is 35.5. The van der Waals surface area contributed by atoms with Crippen LogP contribution in [-0.2, 0) is 9.59 Å². The van der Waals surface area contributed by atoms with E-state index in [1.165, 1.54) is 31.4 Å². The number of non-ortho nitro benzene ring substituents is 1. The van der Waals surface area contributed by atoms with Gasteiger partial charge in [0.15, 0.2) is 22.4 Å². The number of nitro benzene ring substituents is 1. The van der Waals surface area contributed by atoms with Crippen molar-refractivity contribution < 1.29 is 28.8 Å². The van der Waals surface area contributed by atoms with Gasteiger partial charge in [0.05, 0.1) is 27.5 Å². The Kier molecular flexibility index (Phi) is 9.22. The van der Waals surface area contributed by atoms with Crippen LogP contribution in [0.1, 0.15) is 21.5 Å². The highest BCUT2D eigenvalue weighted by molar-refractivity contribution is 8.26. The van der Waals surface area contributed by atoms with Crippen molar-refractivity contribution >= 4 is 75.1 Å². The SMILES string of the molecule is COc1cc(/C=C2\SC(=S)N(NC(=O)c3ccc(C)cc3Cl)C2=O)ccc1OCC(=O)Nc1cccc([N+](=O)[O-])c1. The molecule has 1 fully saturated rings. The molecular formula is C27H21ClN4O7S2. The van der Waals surface area contributed by atoms with Gasteiger partial charge in [0.25, 0.3) is 23.4 Å². The molecule has 41 heavy (non-hydrogen) atoms. The molecular weight excluding hydrogens is 592 g/mol. The average molecular weight is 613 g/mol. The Balaban J connectivity index is 1.41. The van der Waals surface area contributed by atoms with Gasteiger partial charge >= 0.3 is 0 Å². The molecule has 3 aromatic carbocycles. The number of carbonyl (C=O) groups excluding carboxylic acids is 3. The fourth-order valence-corrected chi connectivity index (χ4v) is 5.11. The summed E-state index contributed by atoms with van der Waals surface area (Å²) in [7, 11) is 1.42. The zero-order chi connectivity index (χ0) is 29.7. The van der Waals surface area contributed by atoms with Crippen molar-refractivity contribution in [3.63, 3.8) is 0 Å². The van der Waals surface area contributed by atoms with Crippen LogP contribution in [-0.4, -0.2) is 45.7 Å². The van der Waals surface area contributed by atoms with Gasteiger partial charge in [0, 0.05) is 17.8 Å². The molecule has 3 amide bonds. The van der Waals surface area contributed by atoms with Crippen molar-refractivity contribution in [1.29, 1.82) is 0 Å². The molecule has 0 saturated carbocycles. The van der Waals surface area contributed by atoms with Gasteiger partial charge < -0.3 is 14.8 Å². The standard InChI is InChI=1S/C27H21ClN4O7S2/c1-15-6-8-19(20(28)10-15)25(34)30-31-26(35)23(41-27(31)40)12-16-7-9-21(22(11-16)38-2)39-14-24(33)29-17-4-3-5-18(13-17)32(36)37/h3-13H,14H2,1-2H3,(H,29,33)(H,30,34)/b23-12-. The molecule has 1 aliphatic heterocycles. The van der Waals surface area contributed by atoms with Gasteiger partial charge in [-0.15, -0.1) is 0 Å². The van der Waals surface area contributed by atoms with Crippen molar-refractivity contribution in [2.75, 3.05) is 19.0 Å². The molecule has 0 radical (unpaired) electrons. The lowest BCUT2D eigenvalue weighted by molar-refractivity contribution is -0.384. The van der Waals surface area contributed by atoms with Crippen molar-refractivity contribution in [1.82, 2.24) is 10.4 Å². The Hall–Kier alpha value is -4.46. The second-order valence-corrected chi connectivity index (χ2v) is 10.6. The Morgan fingerprint density at radius 3 is 2.63 bits per heavy atom. The number of nitrogens with one attached hydrogen (secondary N) is 2. The number of methoxy groups -OCH3 is 1. The average Bonchev–Trinajstić information content (AvgIpc) is 3.19. The van der Waals surface area contributed by atoms with E-state index < -0.39 is 22.6 Å². The number of thiocarbonyl (C=S) groups is 1. The van der Waals surface area contributed by atoms with Crippen molar-refractivity contribution in [3.8, 4) is 11.5 Å². The van der Waals surface area contributed by atoms with E-state index in [9.17, 15) is 24.5 Å². The minimum atomic E-state index is -0.578. The molecule has 1 heterocycles. The highest BCUT2D eigenvalue weighted by Gasteiger charge is 2.34.